The van der Waals surface area contributed by atoms with E-state index >= 15 is 0 Å². The Morgan fingerprint density at radius 2 is 2.06 bits per heavy atom. The SMILES string of the molecule is CC1CCC2SCCC(N)C(=O)N12.NC=O. The van der Waals surface area contributed by atoms with E-state index in [0.717, 1.165) is 25.0 Å². The number of rotatable bonds is 0. The van der Waals surface area contributed by atoms with E-state index in [-0.39, 0.29) is 18.4 Å². The monoisotopic (exact) mass is 245 g/mol. The third-order valence-corrected chi connectivity index (χ3v) is 4.25. The zero-order valence-electron chi connectivity index (χ0n) is 9.46. The van der Waals surface area contributed by atoms with E-state index in [1.807, 2.05) is 16.7 Å². The van der Waals surface area contributed by atoms with E-state index in [1.165, 1.54) is 0 Å². The van der Waals surface area contributed by atoms with Crippen LogP contribution < -0.4 is 11.5 Å². The van der Waals surface area contributed by atoms with Gasteiger partial charge in [-0.25, -0.2) is 0 Å². The second-order valence-electron chi connectivity index (χ2n) is 4.03. The minimum atomic E-state index is -0.252. The van der Waals surface area contributed by atoms with Gasteiger partial charge in [-0.15, -0.1) is 11.8 Å². The number of nitrogens with two attached hydrogens (primary N) is 2. The molecule has 2 saturated heterocycles. The number of amides is 2. The molecule has 2 fully saturated rings. The molecular weight excluding hydrogens is 226 g/mol. The largest absolute Gasteiger partial charge is 0.372 e. The molecule has 0 spiro atoms. The molecule has 16 heavy (non-hydrogen) atoms. The Hall–Kier alpha value is -0.750. The first-order valence-corrected chi connectivity index (χ1v) is 6.51. The number of nitrogens with zero attached hydrogens (tertiary/aromatic N) is 1. The summed E-state index contributed by atoms with van der Waals surface area (Å²) in [5.74, 6) is 1.20. The van der Waals surface area contributed by atoms with Crippen LogP contribution >= 0.6 is 11.8 Å². The van der Waals surface area contributed by atoms with Gasteiger partial charge in [0.05, 0.1) is 11.4 Å². The lowest BCUT2D eigenvalue weighted by Crippen LogP contribution is -2.46. The lowest BCUT2D eigenvalue weighted by Gasteiger charge is -2.27. The highest BCUT2D eigenvalue weighted by Crippen LogP contribution is 2.34. The first-order valence-electron chi connectivity index (χ1n) is 5.46. The average molecular weight is 245 g/mol. The highest BCUT2D eigenvalue weighted by Gasteiger charge is 2.38. The predicted octanol–water partition coefficient (Wildman–Crippen LogP) is -0.111. The van der Waals surface area contributed by atoms with Gasteiger partial charge in [0.25, 0.3) is 0 Å². The molecule has 3 atom stereocenters. The van der Waals surface area contributed by atoms with Crippen molar-refractivity contribution in [2.75, 3.05) is 5.75 Å². The van der Waals surface area contributed by atoms with Crippen molar-refractivity contribution in [1.29, 1.82) is 0 Å². The number of primary amides is 1. The number of carbonyl (C=O) groups excluding carboxylic acids is 2. The zero-order chi connectivity index (χ0) is 12.1. The maximum atomic E-state index is 11.8. The van der Waals surface area contributed by atoms with E-state index < -0.39 is 0 Å². The minimum Gasteiger partial charge on any atom is -0.372 e. The lowest BCUT2D eigenvalue weighted by molar-refractivity contribution is -0.133. The molecule has 6 heteroatoms. The first kappa shape index (κ1) is 13.3. The molecule has 0 aromatic rings. The summed E-state index contributed by atoms with van der Waals surface area (Å²) in [6, 6.07) is 0.146. The lowest BCUT2D eigenvalue weighted by atomic mass is 10.2. The standard InChI is InChI=1S/C9H16N2OS.CH3NO/c1-6-2-3-8-11(6)9(12)7(10)4-5-13-8;2-1-3/h6-8H,2-5,10H2,1H3;1H,(H2,2,3). The molecule has 0 saturated carbocycles. The van der Waals surface area contributed by atoms with Gasteiger partial charge in [-0.2, -0.15) is 0 Å². The fraction of sp³-hybridized carbons (Fsp3) is 0.800. The topological polar surface area (TPSA) is 89.4 Å². The Bertz CT molecular complexity index is 262. The first-order chi connectivity index (χ1) is 7.61. The van der Waals surface area contributed by atoms with Crippen molar-refractivity contribution < 1.29 is 9.59 Å². The molecule has 2 heterocycles. The van der Waals surface area contributed by atoms with Crippen LogP contribution in [-0.4, -0.2) is 40.4 Å². The summed E-state index contributed by atoms with van der Waals surface area (Å²) in [6.07, 6.45) is 3.36. The van der Waals surface area contributed by atoms with Crippen molar-refractivity contribution in [1.82, 2.24) is 4.90 Å². The van der Waals surface area contributed by atoms with Gasteiger partial charge < -0.3 is 16.4 Å². The van der Waals surface area contributed by atoms with Crippen LogP contribution in [0.5, 0.6) is 0 Å². The van der Waals surface area contributed by atoms with Gasteiger partial charge in [0.2, 0.25) is 12.3 Å². The van der Waals surface area contributed by atoms with Crippen molar-refractivity contribution in [2.24, 2.45) is 11.5 Å². The molecule has 4 N–H and O–H groups in total. The van der Waals surface area contributed by atoms with Crippen LogP contribution in [0, 0.1) is 0 Å². The Labute approximate surface area is 99.9 Å². The Balaban J connectivity index is 0.000000386. The second kappa shape index (κ2) is 6.10. The molecule has 2 aliphatic rings. The number of fused-ring (bicyclic) bond motifs is 1. The molecule has 2 aliphatic heterocycles. The number of thioether (sulfide) groups is 1. The maximum Gasteiger partial charge on any atom is 0.240 e. The number of carbonyl (C=O) groups is 2. The third-order valence-electron chi connectivity index (χ3n) is 2.93. The van der Waals surface area contributed by atoms with Crippen molar-refractivity contribution in [2.45, 2.75) is 43.6 Å². The highest BCUT2D eigenvalue weighted by atomic mass is 32.2. The Morgan fingerprint density at radius 3 is 2.69 bits per heavy atom. The van der Waals surface area contributed by atoms with Crippen LogP contribution in [0.4, 0.5) is 0 Å². The minimum absolute atomic E-state index is 0.167. The van der Waals surface area contributed by atoms with Gasteiger partial charge in [0.1, 0.15) is 0 Å². The fourth-order valence-corrected chi connectivity index (χ4v) is 3.55. The molecule has 0 aromatic carbocycles. The zero-order valence-corrected chi connectivity index (χ0v) is 10.3. The number of hydrogen-bond donors (Lipinski definition) is 2. The van der Waals surface area contributed by atoms with Crippen LogP contribution in [0.2, 0.25) is 0 Å². The summed E-state index contributed by atoms with van der Waals surface area (Å²) < 4.78 is 0. The Kier molecular flexibility index (Phi) is 5.08. The van der Waals surface area contributed by atoms with Crippen LogP contribution in [0.25, 0.3) is 0 Å². The maximum absolute atomic E-state index is 11.8. The quantitative estimate of drug-likeness (QED) is 0.583. The summed E-state index contributed by atoms with van der Waals surface area (Å²) >= 11 is 1.89. The summed E-state index contributed by atoms with van der Waals surface area (Å²) in [6.45, 7) is 2.12. The van der Waals surface area contributed by atoms with Gasteiger partial charge in [0, 0.05) is 6.04 Å². The van der Waals surface area contributed by atoms with E-state index in [1.54, 1.807) is 0 Å². The van der Waals surface area contributed by atoms with Crippen LogP contribution in [0.1, 0.15) is 26.2 Å². The molecule has 2 rings (SSSR count). The third kappa shape index (κ3) is 2.89. The molecule has 0 aliphatic carbocycles. The average Bonchev–Trinajstić information content (AvgIpc) is 2.53. The van der Waals surface area contributed by atoms with Gasteiger partial charge in [-0.05, 0) is 31.9 Å². The van der Waals surface area contributed by atoms with E-state index in [0.29, 0.717) is 11.4 Å². The molecule has 0 aromatic heterocycles. The summed E-state index contributed by atoms with van der Waals surface area (Å²) in [5.41, 5.74) is 9.96. The highest BCUT2D eigenvalue weighted by molar-refractivity contribution is 7.99. The smallest absolute Gasteiger partial charge is 0.240 e. The molecule has 0 radical (unpaired) electrons. The van der Waals surface area contributed by atoms with E-state index in [4.69, 9.17) is 10.5 Å². The van der Waals surface area contributed by atoms with Crippen molar-refractivity contribution in [3.63, 3.8) is 0 Å². The summed E-state index contributed by atoms with van der Waals surface area (Å²) in [5, 5.41) is 0.413. The van der Waals surface area contributed by atoms with E-state index in [2.05, 4.69) is 12.7 Å². The second-order valence-corrected chi connectivity index (χ2v) is 5.31. The normalized spacial score (nSPS) is 33.5. The van der Waals surface area contributed by atoms with Crippen molar-refractivity contribution >= 4 is 24.1 Å². The van der Waals surface area contributed by atoms with E-state index in [9.17, 15) is 4.79 Å². The number of hydrogen-bond acceptors (Lipinski definition) is 4. The van der Waals surface area contributed by atoms with Crippen LogP contribution in [0.15, 0.2) is 0 Å². The van der Waals surface area contributed by atoms with Gasteiger partial charge in [-0.3, -0.25) is 9.59 Å². The fourth-order valence-electron chi connectivity index (χ4n) is 2.11. The van der Waals surface area contributed by atoms with Gasteiger partial charge in [-0.1, -0.05) is 0 Å². The molecule has 2 amide bonds. The molecular formula is C10H19N3O2S. The summed E-state index contributed by atoms with van der Waals surface area (Å²) in [7, 11) is 0. The summed E-state index contributed by atoms with van der Waals surface area (Å²) in [4.78, 5) is 22.4. The van der Waals surface area contributed by atoms with Crippen LogP contribution in [0.3, 0.4) is 0 Å². The van der Waals surface area contributed by atoms with Gasteiger partial charge in [0.15, 0.2) is 0 Å². The molecule has 3 unspecified atom stereocenters. The Morgan fingerprint density at radius 1 is 1.44 bits per heavy atom. The van der Waals surface area contributed by atoms with Crippen molar-refractivity contribution in [3.8, 4) is 0 Å². The molecule has 92 valence electrons. The van der Waals surface area contributed by atoms with Gasteiger partial charge >= 0.3 is 0 Å². The predicted molar refractivity (Wildman–Crippen MR) is 64.6 cm³/mol. The molecule has 0 bridgehead atoms. The van der Waals surface area contributed by atoms with Crippen molar-refractivity contribution in [3.05, 3.63) is 0 Å². The van der Waals surface area contributed by atoms with Crippen LogP contribution in [-0.2, 0) is 9.59 Å². The molecule has 5 nitrogen and oxygen atoms in total.